The van der Waals surface area contributed by atoms with Crippen molar-refractivity contribution in [3.05, 3.63) is 77.7 Å². The summed E-state index contributed by atoms with van der Waals surface area (Å²) in [7, 11) is 0. The lowest BCUT2D eigenvalue weighted by Gasteiger charge is -2.04. The van der Waals surface area contributed by atoms with Crippen LogP contribution in [-0.2, 0) is 0 Å². The van der Waals surface area contributed by atoms with Crippen molar-refractivity contribution >= 4 is 16.6 Å². The lowest BCUT2D eigenvalue weighted by Crippen LogP contribution is -2.17. The van der Waals surface area contributed by atoms with Gasteiger partial charge in [0.2, 0.25) is 0 Å². The van der Waals surface area contributed by atoms with Gasteiger partial charge in [-0.05, 0) is 36.4 Å². The van der Waals surface area contributed by atoms with Gasteiger partial charge in [0, 0.05) is 35.1 Å². The van der Waals surface area contributed by atoms with Crippen LogP contribution in [0.25, 0.3) is 39.0 Å². The van der Waals surface area contributed by atoms with E-state index in [0.29, 0.717) is 27.3 Å². The molecule has 0 spiro atoms. The summed E-state index contributed by atoms with van der Waals surface area (Å²) in [4.78, 5) is 21.7. The number of hydrogen-bond donors (Lipinski definition) is 1. The largest absolute Gasteiger partial charge is 0.464 e. The van der Waals surface area contributed by atoms with Gasteiger partial charge < -0.3 is 9.62 Å². The third-order valence-corrected chi connectivity index (χ3v) is 4.34. The third kappa shape index (κ3) is 2.04. The first-order valence-electron chi connectivity index (χ1n) is 7.94. The fourth-order valence-electron chi connectivity index (χ4n) is 3.08. The van der Waals surface area contributed by atoms with E-state index in [1.54, 1.807) is 43.1 Å². The molecule has 1 aromatic carbocycles. The van der Waals surface area contributed by atoms with Gasteiger partial charge in [-0.3, -0.25) is 9.78 Å². The molecule has 1 N–H and O–H groups in total. The Balaban J connectivity index is 1.78. The summed E-state index contributed by atoms with van der Waals surface area (Å²) in [6.07, 6.45) is 6.44. The average molecular weight is 344 g/mol. The van der Waals surface area contributed by atoms with Gasteiger partial charge in [-0.25, -0.2) is 9.50 Å². The quantitative estimate of drug-likeness (QED) is 0.497. The Morgan fingerprint density at radius 1 is 1.08 bits per heavy atom. The van der Waals surface area contributed by atoms with Gasteiger partial charge in [-0.15, -0.1) is 0 Å². The van der Waals surface area contributed by atoms with Crippen molar-refractivity contribution < 1.29 is 9.62 Å². The maximum absolute atomic E-state index is 12.5. The monoisotopic (exact) mass is 344 g/mol. The Morgan fingerprint density at radius 3 is 2.85 bits per heavy atom. The highest BCUT2D eigenvalue weighted by molar-refractivity contribution is 5.84. The molecule has 0 saturated heterocycles. The molecule has 0 unspecified atom stereocenters. The minimum atomic E-state index is -0.548. The number of fused-ring (bicyclic) bond motifs is 2. The average Bonchev–Trinajstić information content (AvgIpc) is 3.25. The second-order valence-corrected chi connectivity index (χ2v) is 5.87. The van der Waals surface area contributed by atoms with E-state index in [2.05, 4.69) is 9.97 Å². The van der Waals surface area contributed by atoms with Crippen LogP contribution in [0.3, 0.4) is 0 Å². The van der Waals surface area contributed by atoms with Crippen LogP contribution in [-0.4, -0.2) is 24.5 Å². The van der Waals surface area contributed by atoms with E-state index >= 15 is 0 Å². The number of nitrogens with zero attached hydrogens (tertiary/aromatic N) is 4. The van der Waals surface area contributed by atoms with Gasteiger partial charge in [0.1, 0.15) is 5.58 Å². The molecule has 5 aromatic rings. The third-order valence-electron chi connectivity index (χ3n) is 4.34. The molecular weight excluding hydrogens is 332 g/mol. The van der Waals surface area contributed by atoms with E-state index in [4.69, 9.17) is 4.42 Å². The molecular formula is C19H12N4O3. The zero-order chi connectivity index (χ0) is 17.7. The van der Waals surface area contributed by atoms with Gasteiger partial charge in [0.15, 0.2) is 5.65 Å². The molecule has 0 fully saturated rings. The van der Waals surface area contributed by atoms with E-state index in [-0.39, 0.29) is 0 Å². The van der Waals surface area contributed by atoms with E-state index in [0.717, 1.165) is 16.5 Å². The molecule has 7 heteroatoms. The Morgan fingerprint density at radius 2 is 2.00 bits per heavy atom. The standard InChI is InChI=1S/C19H12N4O3/c24-19-17(14-2-1-7-20-11-14)18-21-15(5-8-22(18)23(19)25)12-3-4-16-13(10-12)6-9-26-16/h1-11,25H. The first-order valence-corrected chi connectivity index (χ1v) is 7.94. The highest BCUT2D eigenvalue weighted by Gasteiger charge is 2.18. The SMILES string of the molecule is O=c1c(-c2cccnc2)c2nc(-c3ccc4occc4c3)ccn2n1O. The van der Waals surface area contributed by atoms with Crippen LogP contribution in [0, 0.1) is 0 Å². The molecule has 0 amide bonds. The van der Waals surface area contributed by atoms with Crippen LogP contribution in [0.4, 0.5) is 0 Å². The smallest absolute Gasteiger partial charge is 0.312 e. The summed E-state index contributed by atoms with van der Waals surface area (Å²) < 4.78 is 6.68. The number of hydrogen-bond acceptors (Lipinski definition) is 5. The number of pyridine rings is 1. The number of rotatable bonds is 2. The Kier molecular flexibility index (Phi) is 2.96. The Labute approximate surface area is 146 Å². The Hall–Kier alpha value is -3.87. The molecule has 0 saturated carbocycles. The highest BCUT2D eigenvalue weighted by Crippen LogP contribution is 2.26. The lowest BCUT2D eigenvalue weighted by molar-refractivity contribution is 0.128. The van der Waals surface area contributed by atoms with Crippen LogP contribution in [0.5, 0.6) is 0 Å². The van der Waals surface area contributed by atoms with Crippen molar-refractivity contribution in [3.63, 3.8) is 0 Å². The normalized spacial score (nSPS) is 11.4. The summed E-state index contributed by atoms with van der Waals surface area (Å²) >= 11 is 0. The lowest BCUT2D eigenvalue weighted by atomic mass is 10.1. The van der Waals surface area contributed by atoms with Crippen molar-refractivity contribution in [1.82, 2.24) is 19.3 Å². The summed E-state index contributed by atoms with van der Waals surface area (Å²) in [5, 5.41) is 11.1. The molecule has 0 radical (unpaired) electrons. The molecule has 4 aromatic heterocycles. The van der Waals surface area contributed by atoms with Gasteiger partial charge in [0.25, 0.3) is 0 Å². The van der Waals surface area contributed by atoms with Gasteiger partial charge in [-0.1, -0.05) is 10.9 Å². The predicted octanol–water partition coefficient (Wildman–Crippen LogP) is 3.21. The first-order chi connectivity index (χ1) is 12.7. The zero-order valence-corrected chi connectivity index (χ0v) is 13.4. The molecule has 0 aliphatic carbocycles. The van der Waals surface area contributed by atoms with Crippen molar-refractivity contribution in [2.75, 3.05) is 0 Å². The summed E-state index contributed by atoms with van der Waals surface area (Å²) in [6.45, 7) is 0. The molecule has 7 nitrogen and oxygen atoms in total. The maximum atomic E-state index is 12.5. The minimum Gasteiger partial charge on any atom is -0.464 e. The van der Waals surface area contributed by atoms with E-state index < -0.39 is 5.56 Å². The zero-order valence-electron chi connectivity index (χ0n) is 13.4. The highest BCUT2D eigenvalue weighted by atomic mass is 16.5. The van der Waals surface area contributed by atoms with Crippen molar-refractivity contribution in [1.29, 1.82) is 0 Å². The fraction of sp³-hybridized carbons (Fsp3) is 0. The molecule has 4 heterocycles. The maximum Gasteiger partial charge on any atom is 0.312 e. The summed E-state index contributed by atoms with van der Waals surface area (Å²) in [5.74, 6) is 0. The van der Waals surface area contributed by atoms with Gasteiger partial charge in [-0.2, -0.15) is 0 Å². The number of aromatic nitrogens is 4. The van der Waals surface area contributed by atoms with Crippen LogP contribution in [0.1, 0.15) is 0 Å². The van der Waals surface area contributed by atoms with Gasteiger partial charge in [0.05, 0.1) is 17.5 Å². The molecule has 0 aliphatic heterocycles. The molecule has 5 rings (SSSR count). The van der Waals surface area contributed by atoms with Crippen molar-refractivity contribution in [3.8, 4) is 22.4 Å². The van der Waals surface area contributed by atoms with Crippen LogP contribution < -0.4 is 5.56 Å². The van der Waals surface area contributed by atoms with Crippen LogP contribution in [0.2, 0.25) is 0 Å². The number of furan rings is 1. The van der Waals surface area contributed by atoms with Crippen molar-refractivity contribution in [2.45, 2.75) is 0 Å². The van der Waals surface area contributed by atoms with Crippen molar-refractivity contribution in [2.24, 2.45) is 0 Å². The van der Waals surface area contributed by atoms with Gasteiger partial charge >= 0.3 is 5.56 Å². The predicted molar refractivity (Wildman–Crippen MR) is 95.1 cm³/mol. The topological polar surface area (TPSA) is 85.6 Å². The van der Waals surface area contributed by atoms with E-state index in [1.807, 2.05) is 24.3 Å². The van der Waals surface area contributed by atoms with Crippen LogP contribution >= 0.6 is 0 Å². The minimum absolute atomic E-state index is 0.298. The van der Waals surface area contributed by atoms with E-state index in [1.165, 1.54) is 4.52 Å². The molecule has 26 heavy (non-hydrogen) atoms. The first kappa shape index (κ1) is 14.5. The summed E-state index contributed by atoms with van der Waals surface area (Å²) in [5.41, 5.74) is 3.07. The summed E-state index contributed by atoms with van der Waals surface area (Å²) in [6, 6.07) is 12.9. The fourth-order valence-corrected chi connectivity index (χ4v) is 3.08. The molecule has 126 valence electrons. The number of benzene rings is 1. The second kappa shape index (κ2) is 5.32. The molecule has 0 aliphatic rings. The molecule has 0 bridgehead atoms. The van der Waals surface area contributed by atoms with E-state index in [9.17, 15) is 10.0 Å². The Bertz CT molecular complexity index is 1320. The molecule has 0 atom stereocenters. The second-order valence-electron chi connectivity index (χ2n) is 5.87. The van der Waals surface area contributed by atoms with Crippen LogP contribution in [0.15, 0.2) is 76.5 Å².